The Morgan fingerprint density at radius 1 is 1.33 bits per heavy atom. The molecule has 1 aromatic carbocycles. The van der Waals surface area contributed by atoms with Gasteiger partial charge in [-0.25, -0.2) is 14.6 Å². The topological polar surface area (TPSA) is 167 Å². The number of amides is 3. The van der Waals surface area contributed by atoms with Gasteiger partial charge in [-0.05, 0) is 18.1 Å². The predicted molar refractivity (Wildman–Crippen MR) is 102 cm³/mol. The van der Waals surface area contributed by atoms with Crippen molar-refractivity contribution in [1.29, 1.82) is 0 Å². The largest absolute Gasteiger partial charge is 0.465 e. The lowest BCUT2D eigenvalue weighted by molar-refractivity contribution is -0.114. The van der Waals surface area contributed by atoms with Crippen LogP contribution in [0.1, 0.15) is 12.5 Å². The van der Waals surface area contributed by atoms with Crippen LogP contribution in [0.5, 0.6) is 0 Å². The molecule has 0 spiro atoms. The second-order valence-electron chi connectivity index (χ2n) is 4.99. The van der Waals surface area contributed by atoms with Crippen LogP contribution >= 0.6 is 11.3 Å². The molecule has 0 fully saturated rings. The number of benzene rings is 1. The highest BCUT2D eigenvalue weighted by molar-refractivity contribution is 7.14. The minimum atomic E-state index is -1.33. The zero-order valence-electron chi connectivity index (χ0n) is 14.4. The Morgan fingerprint density at radius 3 is 2.67 bits per heavy atom. The van der Waals surface area contributed by atoms with Crippen LogP contribution in [-0.4, -0.2) is 46.2 Å². The highest BCUT2D eigenvalue weighted by Gasteiger charge is 2.06. The van der Waals surface area contributed by atoms with Gasteiger partial charge >= 0.3 is 12.2 Å². The molecule has 0 unspecified atom stereocenters. The van der Waals surface area contributed by atoms with Crippen LogP contribution in [0.2, 0.25) is 0 Å². The average molecular weight is 393 g/mol. The number of nitrogens with one attached hydrogen (secondary N) is 2. The molecule has 0 radical (unpaired) electrons. The summed E-state index contributed by atoms with van der Waals surface area (Å²) in [7, 11) is 0. The third-order valence-electron chi connectivity index (χ3n) is 2.82. The number of thiazole rings is 1. The van der Waals surface area contributed by atoms with Crippen molar-refractivity contribution in [2.45, 2.75) is 13.3 Å². The van der Waals surface area contributed by atoms with Crippen LogP contribution in [0.4, 0.5) is 14.7 Å². The maximum Gasteiger partial charge on any atom is 0.409 e. The lowest BCUT2D eigenvalue weighted by Crippen LogP contribution is -2.18. The van der Waals surface area contributed by atoms with Gasteiger partial charge in [-0.3, -0.25) is 15.1 Å². The first-order valence-electron chi connectivity index (χ1n) is 7.56. The van der Waals surface area contributed by atoms with Crippen LogP contribution in [0.25, 0.3) is 11.3 Å². The fourth-order valence-corrected chi connectivity index (χ4v) is 2.63. The van der Waals surface area contributed by atoms with Crippen molar-refractivity contribution >= 4 is 40.9 Å². The van der Waals surface area contributed by atoms with Crippen LogP contribution < -0.4 is 16.4 Å². The molecule has 2 rings (SSSR count). The maximum atomic E-state index is 11.0. The number of carboxylic acid groups (broad SMARTS) is 2. The molecule has 1 heterocycles. The minimum Gasteiger partial charge on any atom is -0.465 e. The van der Waals surface area contributed by atoms with Crippen molar-refractivity contribution in [3.8, 4) is 11.3 Å². The molecular formula is C16H19N5O5S. The fraction of sp³-hybridized carbons (Fsp3) is 0.188. The molecule has 0 bridgehead atoms. The molecule has 1 aromatic heterocycles. The van der Waals surface area contributed by atoms with E-state index in [1.807, 2.05) is 29.6 Å². The van der Waals surface area contributed by atoms with E-state index in [1.54, 1.807) is 0 Å². The van der Waals surface area contributed by atoms with Crippen molar-refractivity contribution in [2.24, 2.45) is 10.7 Å². The smallest absolute Gasteiger partial charge is 0.409 e. The van der Waals surface area contributed by atoms with Crippen molar-refractivity contribution in [3.63, 3.8) is 0 Å². The van der Waals surface area contributed by atoms with Crippen LogP contribution in [-0.2, 0) is 11.2 Å². The van der Waals surface area contributed by atoms with Gasteiger partial charge in [0.05, 0.1) is 12.0 Å². The highest BCUT2D eigenvalue weighted by Crippen LogP contribution is 2.25. The van der Waals surface area contributed by atoms with Crippen molar-refractivity contribution in [3.05, 3.63) is 35.2 Å². The SMILES string of the molecule is CC(=O)Nc1nc(-c2cccc(CCN=CNC(=O)O)c2)cs1.NC(=O)O. The quantitative estimate of drug-likeness (QED) is 0.372. The van der Waals surface area contributed by atoms with E-state index >= 15 is 0 Å². The Balaban J connectivity index is 0.000000828. The summed E-state index contributed by atoms with van der Waals surface area (Å²) >= 11 is 1.38. The molecule has 3 amide bonds. The summed E-state index contributed by atoms with van der Waals surface area (Å²) in [6.45, 7) is 1.93. The number of aliphatic imine (C=N–C) groups is 1. The molecule has 6 N–H and O–H groups in total. The molecule has 0 saturated heterocycles. The van der Waals surface area contributed by atoms with Crippen molar-refractivity contribution in [1.82, 2.24) is 10.3 Å². The number of carbonyl (C=O) groups is 3. The summed E-state index contributed by atoms with van der Waals surface area (Å²) in [6, 6.07) is 7.87. The number of nitrogens with two attached hydrogens (primary N) is 1. The van der Waals surface area contributed by atoms with E-state index in [9.17, 15) is 9.59 Å². The summed E-state index contributed by atoms with van der Waals surface area (Å²) in [5, 5.41) is 22.8. The molecule has 0 atom stereocenters. The Morgan fingerprint density at radius 2 is 2.04 bits per heavy atom. The summed E-state index contributed by atoms with van der Waals surface area (Å²) < 4.78 is 0. The molecular weight excluding hydrogens is 374 g/mol. The highest BCUT2D eigenvalue weighted by atomic mass is 32.1. The van der Waals surface area contributed by atoms with Gasteiger partial charge in [0.25, 0.3) is 0 Å². The first-order chi connectivity index (χ1) is 12.8. The zero-order chi connectivity index (χ0) is 20.2. The Bertz CT molecular complexity index is 817. The summed E-state index contributed by atoms with van der Waals surface area (Å²) in [6.07, 6.45) is -0.602. The average Bonchev–Trinajstić information content (AvgIpc) is 3.02. The fourth-order valence-electron chi connectivity index (χ4n) is 1.86. The van der Waals surface area contributed by atoms with E-state index in [2.05, 4.69) is 26.3 Å². The number of rotatable bonds is 6. The lowest BCUT2D eigenvalue weighted by Gasteiger charge is -2.02. The van der Waals surface area contributed by atoms with Crippen molar-refractivity contribution < 1.29 is 24.6 Å². The number of aromatic nitrogens is 1. The minimum absolute atomic E-state index is 0.146. The van der Waals surface area contributed by atoms with Crippen LogP contribution in [0.15, 0.2) is 34.6 Å². The number of anilines is 1. The van der Waals surface area contributed by atoms with Gasteiger partial charge in [-0.1, -0.05) is 18.2 Å². The summed E-state index contributed by atoms with van der Waals surface area (Å²) in [5.74, 6) is -0.146. The first-order valence-corrected chi connectivity index (χ1v) is 8.44. The Labute approximate surface area is 158 Å². The molecule has 10 nitrogen and oxygen atoms in total. The van der Waals surface area contributed by atoms with E-state index in [0.29, 0.717) is 18.1 Å². The van der Waals surface area contributed by atoms with Gasteiger partial charge in [-0.2, -0.15) is 0 Å². The third kappa shape index (κ3) is 9.55. The van der Waals surface area contributed by atoms with Crippen LogP contribution in [0, 0.1) is 0 Å². The van der Waals surface area contributed by atoms with Gasteiger partial charge in [-0.15, -0.1) is 11.3 Å². The monoisotopic (exact) mass is 393 g/mol. The number of hydrogen-bond acceptors (Lipinski definition) is 6. The molecule has 0 aliphatic carbocycles. The second kappa shape index (κ2) is 11.2. The number of hydrogen-bond donors (Lipinski definition) is 5. The third-order valence-corrected chi connectivity index (χ3v) is 3.58. The normalized spacial score (nSPS) is 9.96. The second-order valence-corrected chi connectivity index (χ2v) is 5.85. The van der Waals surface area contributed by atoms with E-state index < -0.39 is 12.2 Å². The number of nitrogens with zero attached hydrogens (tertiary/aromatic N) is 2. The summed E-state index contributed by atoms with van der Waals surface area (Å²) in [4.78, 5) is 38.4. The van der Waals surface area contributed by atoms with E-state index in [-0.39, 0.29) is 5.91 Å². The Hall–Kier alpha value is -3.47. The summed E-state index contributed by atoms with van der Waals surface area (Å²) in [5.41, 5.74) is 6.86. The molecule has 0 saturated carbocycles. The molecule has 0 aliphatic rings. The van der Waals surface area contributed by atoms with Crippen molar-refractivity contribution in [2.75, 3.05) is 11.9 Å². The number of carbonyl (C=O) groups excluding carboxylic acids is 1. The van der Waals surface area contributed by atoms with Gasteiger partial charge in [0, 0.05) is 24.4 Å². The zero-order valence-corrected chi connectivity index (χ0v) is 15.2. The predicted octanol–water partition coefficient (Wildman–Crippen LogP) is 2.23. The van der Waals surface area contributed by atoms with Crippen LogP contribution in [0.3, 0.4) is 0 Å². The standard InChI is InChI=1S/C15H16N4O3S.CH3NO2/c1-10(20)18-14-19-13(8-23-14)12-4-2-3-11(7-12)5-6-16-9-17-15(21)22;2-1(3)4/h2-4,7-9H,5-6H2,1H3,(H,16,17)(H,21,22)(H,18,19,20);2H2,(H,3,4). The Kier molecular flexibility index (Phi) is 8.95. The molecule has 11 heteroatoms. The molecule has 0 aliphatic heterocycles. The first kappa shape index (κ1) is 21.6. The van der Waals surface area contributed by atoms with Gasteiger partial charge in [0.1, 0.15) is 0 Å². The van der Waals surface area contributed by atoms with Gasteiger partial charge < -0.3 is 21.3 Å². The van der Waals surface area contributed by atoms with Gasteiger partial charge in [0.15, 0.2) is 5.13 Å². The van der Waals surface area contributed by atoms with E-state index in [0.717, 1.165) is 16.8 Å². The van der Waals surface area contributed by atoms with E-state index in [4.69, 9.17) is 15.0 Å². The molecule has 2 aromatic rings. The van der Waals surface area contributed by atoms with E-state index in [1.165, 1.54) is 24.6 Å². The lowest BCUT2D eigenvalue weighted by atomic mass is 10.1. The maximum absolute atomic E-state index is 11.0. The van der Waals surface area contributed by atoms with Gasteiger partial charge in [0.2, 0.25) is 5.91 Å². The molecule has 27 heavy (non-hydrogen) atoms. The molecule has 144 valence electrons. The number of primary amides is 1.